The topological polar surface area (TPSA) is 83.9 Å². The van der Waals surface area contributed by atoms with E-state index < -0.39 is 24.0 Å². The number of ether oxygens (including phenoxy) is 1. The molecule has 0 saturated heterocycles. The van der Waals surface area contributed by atoms with Gasteiger partial charge >= 0.3 is 24.0 Å². The number of rotatable bonds is 6. The SMILES string of the molecule is CC(=CCc1c(C)c(C)c2c(c1N(C)C(=O)C(F)(F)F)C(=O)OC2)CCC(=O)O. The number of amides is 1. The highest BCUT2D eigenvalue weighted by Crippen LogP contribution is 2.40. The van der Waals surface area contributed by atoms with Gasteiger partial charge in [-0.15, -0.1) is 0 Å². The molecule has 1 amide bonds. The van der Waals surface area contributed by atoms with E-state index in [9.17, 15) is 27.6 Å². The molecule has 0 atom stereocenters. The Hall–Kier alpha value is -2.84. The molecule has 1 aromatic carbocycles. The maximum absolute atomic E-state index is 13.1. The van der Waals surface area contributed by atoms with E-state index >= 15 is 0 Å². The van der Waals surface area contributed by atoms with Crippen LogP contribution >= 0.6 is 0 Å². The number of carbonyl (C=O) groups is 3. The first-order valence-corrected chi connectivity index (χ1v) is 8.90. The largest absolute Gasteiger partial charge is 0.481 e. The first-order valence-electron chi connectivity index (χ1n) is 8.90. The fourth-order valence-electron chi connectivity index (χ4n) is 3.32. The maximum atomic E-state index is 13.1. The Morgan fingerprint density at radius 1 is 1.21 bits per heavy atom. The number of halogens is 3. The predicted octanol–water partition coefficient (Wildman–Crippen LogP) is 3.85. The maximum Gasteiger partial charge on any atom is 0.471 e. The van der Waals surface area contributed by atoms with Gasteiger partial charge in [-0.3, -0.25) is 9.59 Å². The van der Waals surface area contributed by atoms with E-state index in [-0.39, 0.29) is 37.1 Å². The lowest BCUT2D eigenvalue weighted by molar-refractivity contribution is -0.170. The number of carboxylic acids is 1. The molecule has 0 fully saturated rings. The Balaban J connectivity index is 2.60. The number of carboxylic acid groups (broad SMARTS) is 1. The van der Waals surface area contributed by atoms with Gasteiger partial charge in [-0.1, -0.05) is 11.6 Å². The van der Waals surface area contributed by atoms with Crippen molar-refractivity contribution in [2.24, 2.45) is 0 Å². The molecule has 9 heteroatoms. The third-order valence-corrected chi connectivity index (χ3v) is 5.11. The minimum Gasteiger partial charge on any atom is -0.481 e. The average molecular weight is 413 g/mol. The fraction of sp³-hybridized carbons (Fsp3) is 0.450. The van der Waals surface area contributed by atoms with Gasteiger partial charge in [0.1, 0.15) is 6.61 Å². The van der Waals surface area contributed by atoms with Gasteiger partial charge in [-0.05, 0) is 50.3 Å². The molecule has 0 radical (unpaired) electrons. The van der Waals surface area contributed by atoms with Crippen LogP contribution in [0.15, 0.2) is 11.6 Å². The van der Waals surface area contributed by atoms with Crippen molar-refractivity contribution >= 4 is 23.5 Å². The van der Waals surface area contributed by atoms with E-state index in [1.807, 2.05) is 0 Å². The average Bonchev–Trinajstić information content (AvgIpc) is 3.01. The van der Waals surface area contributed by atoms with Crippen LogP contribution in [0.5, 0.6) is 0 Å². The molecule has 158 valence electrons. The zero-order valence-corrected chi connectivity index (χ0v) is 16.6. The van der Waals surface area contributed by atoms with E-state index in [0.717, 1.165) is 12.6 Å². The van der Waals surface area contributed by atoms with Crippen molar-refractivity contribution in [2.75, 3.05) is 11.9 Å². The van der Waals surface area contributed by atoms with E-state index in [1.165, 1.54) is 0 Å². The van der Waals surface area contributed by atoms with Gasteiger partial charge in [0, 0.05) is 19.0 Å². The van der Waals surface area contributed by atoms with Gasteiger partial charge in [-0.2, -0.15) is 13.2 Å². The summed E-state index contributed by atoms with van der Waals surface area (Å²) in [6, 6.07) is 0. The van der Waals surface area contributed by atoms with Crippen LogP contribution in [0.3, 0.4) is 0 Å². The molecule has 29 heavy (non-hydrogen) atoms. The second-order valence-electron chi connectivity index (χ2n) is 7.02. The second kappa shape index (κ2) is 8.26. The Bertz CT molecular complexity index is 903. The summed E-state index contributed by atoms with van der Waals surface area (Å²) in [6.45, 7) is 5.12. The number of anilines is 1. The predicted molar refractivity (Wildman–Crippen MR) is 98.8 cm³/mol. The molecule has 0 spiro atoms. The molecular weight excluding hydrogens is 391 g/mol. The highest BCUT2D eigenvalue weighted by molar-refractivity contribution is 6.07. The smallest absolute Gasteiger partial charge is 0.471 e. The first-order chi connectivity index (χ1) is 13.4. The number of carbonyl (C=O) groups excluding carboxylic acids is 2. The van der Waals surface area contributed by atoms with Crippen molar-refractivity contribution in [3.8, 4) is 0 Å². The van der Waals surface area contributed by atoms with Gasteiger partial charge in [0.15, 0.2) is 0 Å². The van der Waals surface area contributed by atoms with Crippen LogP contribution in [0.4, 0.5) is 18.9 Å². The lowest BCUT2D eigenvalue weighted by Gasteiger charge is -2.26. The van der Waals surface area contributed by atoms with E-state index in [0.29, 0.717) is 27.2 Å². The van der Waals surface area contributed by atoms with Crippen LogP contribution < -0.4 is 4.90 Å². The van der Waals surface area contributed by atoms with Crippen LogP contribution in [0.25, 0.3) is 0 Å². The molecule has 0 unspecified atom stereocenters. The molecular formula is C20H22F3NO5. The van der Waals surface area contributed by atoms with Crippen molar-refractivity contribution < 1.29 is 37.4 Å². The molecule has 1 aliphatic rings. The quantitative estimate of drug-likeness (QED) is 0.566. The summed E-state index contributed by atoms with van der Waals surface area (Å²) >= 11 is 0. The molecule has 0 aromatic heterocycles. The molecule has 2 rings (SSSR count). The monoisotopic (exact) mass is 413 g/mol. The zero-order valence-electron chi connectivity index (χ0n) is 16.6. The van der Waals surface area contributed by atoms with Crippen molar-refractivity contribution in [3.63, 3.8) is 0 Å². The van der Waals surface area contributed by atoms with Gasteiger partial charge in [0.05, 0.1) is 11.3 Å². The number of hydrogen-bond acceptors (Lipinski definition) is 4. The van der Waals surface area contributed by atoms with Crippen LogP contribution in [0.1, 0.15) is 52.4 Å². The minimum atomic E-state index is -5.10. The van der Waals surface area contributed by atoms with Crippen LogP contribution in [0, 0.1) is 13.8 Å². The van der Waals surface area contributed by atoms with E-state index in [4.69, 9.17) is 9.84 Å². The summed E-state index contributed by atoms with van der Waals surface area (Å²) in [6.07, 6.45) is -3.05. The molecule has 6 nitrogen and oxygen atoms in total. The summed E-state index contributed by atoms with van der Waals surface area (Å²) < 4.78 is 44.2. The van der Waals surface area contributed by atoms with Crippen molar-refractivity contribution in [2.45, 2.75) is 52.8 Å². The Kier molecular flexibility index (Phi) is 6.40. The van der Waals surface area contributed by atoms with Crippen molar-refractivity contribution in [1.82, 2.24) is 0 Å². The lowest BCUT2D eigenvalue weighted by atomic mass is 9.89. The highest BCUT2D eigenvalue weighted by atomic mass is 19.4. The van der Waals surface area contributed by atoms with Crippen LogP contribution in [-0.4, -0.2) is 36.2 Å². The van der Waals surface area contributed by atoms with Crippen LogP contribution in [-0.2, 0) is 27.4 Å². The lowest BCUT2D eigenvalue weighted by Crippen LogP contribution is -2.40. The minimum absolute atomic E-state index is 0.0280. The summed E-state index contributed by atoms with van der Waals surface area (Å²) in [7, 11) is 0.982. The van der Waals surface area contributed by atoms with E-state index in [2.05, 4.69) is 0 Å². The Morgan fingerprint density at radius 2 is 1.83 bits per heavy atom. The molecule has 0 saturated carbocycles. The summed E-state index contributed by atoms with van der Waals surface area (Å²) in [4.78, 5) is 35.4. The number of esters is 1. The molecule has 0 aliphatic carbocycles. The van der Waals surface area contributed by atoms with E-state index in [1.54, 1.807) is 26.8 Å². The van der Waals surface area contributed by atoms with Crippen molar-refractivity contribution in [3.05, 3.63) is 39.5 Å². The zero-order chi connectivity index (χ0) is 22.1. The molecule has 1 N–H and O–H groups in total. The van der Waals surface area contributed by atoms with Gasteiger partial charge < -0.3 is 14.7 Å². The molecule has 1 aliphatic heterocycles. The standard InChI is InChI=1S/C20H22F3NO5/c1-10(6-8-15(25)26)5-7-13-11(2)12(3)14-9-29-18(27)16(14)17(13)24(4)19(28)20(21,22)23/h5H,6-9H2,1-4H3,(H,25,26). The number of fused-ring (bicyclic) bond motifs is 1. The van der Waals surface area contributed by atoms with Gasteiger partial charge in [0.25, 0.3) is 0 Å². The summed E-state index contributed by atoms with van der Waals surface area (Å²) in [5.74, 6) is -3.82. The highest BCUT2D eigenvalue weighted by Gasteiger charge is 2.44. The molecule has 0 bridgehead atoms. The number of nitrogens with zero attached hydrogens (tertiary/aromatic N) is 1. The van der Waals surface area contributed by atoms with Crippen LogP contribution in [0.2, 0.25) is 0 Å². The number of cyclic esters (lactones) is 1. The number of benzene rings is 1. The van der Waals surface area contributed by atoms with Crippen molar-refractivity contribution in [1.29, 1.82) is 0 Å². The first kappa shape index (κ1) is 22.4. The molecule has 1 aromatic rings. The third-order valence-electron chi connectivity index (χ3n) is 5.11. The second-order valence-corrected chi connectivity index (χ2v) is 7.02. The summed E-state index contributed by atoms with van der Waals surface area (Å²) in [5.41, 5.74) is 2.84. The number of hydrogen-bond donors (Lipinski definition) is 1. The van der Waals surface area contributed by atoms with Gasteiger partial charge in [0.2, 0.25) is 0 Å². The Morgan fingerprint density at radius 3 is 2.38 bits per heavy atom. The number of alkyl halides is 3. The third kappa shape index (κ3) is 4.60. The normalized spacial score (nSPS) is 13.9. The fourth-order valence-corrected chi connectivity index (χ4v) is 3.32. The number of aliphatic carboxylic acids is 1. The Labute approximate surface area is 165 Å². The molecule has 1 heterocycles. The number of allylic oxidation sites excluding steroid dienone is 2. The van der Waals surface area contributed by atoms with Gasteiger partial charge in [-0.25, -0.2) is 4.79 Å². The summed E-state index contributed by atoms with van der Waals surface area (Å²) in [5, 5.41) is 8.79.